The summed E-state index contributed by atoms with van der Waals surface area (Å²) in [6.45, 7) is 2.22. The van der Waals surface area contributed by atoms with Crippen molar-refractivity contribution in [1.82, 2.24) is 14.7 Å². The highest BCUT2D eigenvalue weighted by atomic mass is 16.3. The summed E-state index contributed by atoms with van der Waals surface area (Å²) in [4.78, 5) is 26.5. The monoisotopic (exact) mass is 341 g/mol. The zero-order chi connectivity index (χ0) is 18.0. The quantitative estimate of drug-likeness (QED) is 0.920. The van der Waals surface area contributed by atoms with Crippen molar-refractivity contribution >= 4 is 5.91 Å². The lowest BCUT2D eigenvalue weighted by Gasteiger charge is -2.23. The van der Waals surface area contributed by atoms with Gasteiger partial charge in [0, 0.05) is 31.3 Å². The Labute approximate surface area is 146 Å². The zero-order valence-corrected chi connectivity index (χ0v) is 14.6. The first-order valence-electron chi connectivity index (χ1n) is 8.57. The molecule has 1 saturated carbocycles. The summed E-state index contributed by atoms with van der Waals surface area (Å²) < 4.78 is 1.60. The fourth-order valence-electron chi connectivity index (χ4n) is 3.37. The molecule has 1 aliphatic carbocycles. The molecule has 3 rings (SSSR count). The summed E-state index contributed by atoms with van der Waals surface area (Å²) in [7, 11) is 1.65. The molecule has 1 fully saturated rings. The molecular formula is C19H23N3O3. The van der Waals surface area contributed by atoms with E-state index in [9.17, 15) is 14.7 Å². The van der Waals surface area contributed by atoms with Crippen molar-refractivity contribution < 1.29 is 9.90 Å². The van der Waals surface area contributed by atoms with E-state index >= 15 is 0 Å². The van der Waals surface area contributed by atoms with E-state index in [1.54, 1.807) is 18.7 Å². The number of para-hydroxylation sites is 1. The first-order chi connectivity index (χ1) is 12.0. The van der Waals surface area contributed by atoms with Crippen LogP contribution in [0.2, 0.25) is 0 Å². The maximum absolute atomic E-state index is 12.7. The summed E-state index contributed by atoms with van der Waals surface area (Å²) in [5, 5.41) is 14.3. The van der Waals surface area contributed by atoms with Crippen LogP contribution >= 0.6 is 0 Å². The Morgan fingerprint density at radius 2 is 2.04 bits per heavy atom. The van der Waals surface area contributed by atoms with Crippen molar-refractivity contribution in [3.63, 3.8) is 0 Å². The van der Waals surface area contributed by atoms with Gasteiger partial charge in [-0.25, -0.2) is 4.68 Å². The van der Waals surface area contributed by atoms with Crippen molar-refractivity contribution in [3.05, 3.63) is 58.0 Å². The summed E-state index contributed by atoms with van der Waals surface area (Å²) in [6, 6.07) is 10.8. The fourth-order valence-corrected chi connectivity index (χ4v) is 3.37. The van der Waals surface area contributed by atoms with Crippen molar-refractivity contribution in [2.75, 3.05) is 13.6 Å². The number of nitrogens with zero attached hydrogens (tertiary/aromatic N) is 3. The van der Waals surface area contributed by atoms with Gasteiger partial charge in [-0.2, -0.15) is 5.10 Å². The Morgan fingerprint density at radius 3 is 2.68 bits per heavy atom. The zero-order valence-electron chi connectivity index (χ0n) is 14.6. The molecule has 1 amide bonds. The van der Waals surface area contributed by atoms with Crippen LogP contribution in [0.1, 0.15) is 35.4 Å². The SMILES string of the molecule is Cc1cc(=O)c(C(=O)N(C)CC2CCCC2O)nn1-c1ccccc1. The van der Waals surface area contributed by atoms with Gasteiger partial charge in [0.25, 0.3) is 5.91 Å². The van der Waals surface area contributed by atoms with E-state index in [1.165, 1.54) is 11.0 Å². The smallest absolute Gasteiger partial charge is 0.278 e. The van der Waals surface area contributed by atoms with Gasteiger partial charge in [0.2, 0.25) is 5.43 Å². The van der Waals surface area contributed by atoms with E-state index < -0.39 is 5.91 Å². The van der Waals surface area contributed by atoms with Crippen molar-refractivity contribution in [3.8, 4) is 5.69 Å². The molecule has 0 bridgehead atoms. The molecule has 25 heavy (non-hydrogen) atoms. The van der Waals surface area contributed by atoms with Gasteiger partial charge in [-0.05, 0) is 31.9 Å². The topological polar surface area (TPSA) is 75.4 Å². The summed E-state index contributed by atoms with van der Waals surface area (Å²) >= 11 is 0. The van der Waals surface area contributed by atoms with Crippen molar-refractivity contribution in [2.45, 2.75) is 32.3 Å². The predicted molar refractivity (Wildman–Crippen MR) is 94.9 cm³/mol. The lowest BCUT2D eigenvalue weighted by atomic mass is 10.1. The van der Waals surface area contributed by atoms with Crippen LogP contribution in [-0.4, -0.2) is 45.4 Å². The molecule has 6 nitrogen and oxygen atoms in total. The maximum atomic E-state index is 12.7. The molecule has 1 aromatic carbocycles. The van der Waals surface area contributed by atoms with Crippen molar-refractivity contribution in [2.24, 2.45) is 5.92 Å². The van der Waals surface area contributed by atoms with Crippen LogP contribution in [-0.2, 0) is 0 Å². The van der Waals surface area contributed by atoms with Crippen LogP contribution in [0.3, 0.4) is 0 Å². The van der Waals surface area contributed by atoms with Crippen LogP contribution in [0.5, 0.6) is 0 Å². The number of carbonyl (C=O) groups is 1. The van der Waals surface area contributed by atoms with Gasteiger partial charge in [-0.1, -0.05) is 24.6 Å². The molecule has 6 heteroatoms. The Balaban J connectivity index is 1.88. The Bertz CT molecular complexity index is 816. The first-order valence-corrected chi connectivity index (χ1v) is 8.57. The van der Waals surface area contributed by atoms with E-state index in [0.717, 1.165) is 24.9 Å². The molecule has 1 aromatic heterocycles. The number of rotatable bonds is 4. The lowest BCUT2D eigenvalue weighted by molar-refractivity contribution is 0.0685. The molecular weight excluding hydrogens is 318 g/mol. The highest BCUT2D eigenvalue weighted by Gasteiger charge is 2.29. The molecule has 2 unspecified atom stereocenters. The lowest BCUT2D eigenvalue weighted by Crippen LogP contribution is -2.38. The normalized spacial score (nSPS) is 19.8. The summed E-state index contributed by atoms with van der Waals surface area (Å²) in [5.74, 6) is -0.343. The second kappa shape index (κ2) is 7.19. The molecule has 0 spiro atoms. The average molecular weight is 341 g/mol. The van der Waals surface area contributed by atoms with E-state index in [0.29, 0.717) is 12.2 Å². The average Bonchev–Trinajstić information content (AvgIpc) is 3.00. The third kappa shape index (κ3) is 3.64. The van der Waals surface area contributed by atoms with Gasteiger partial charge in [-0.15, -0.1) is 0 Å². The Hall–Kier alpha value is -2.47. The van der Waals surface area contributed by atoms with Gasteiger partial charge >= 0.3 is 0 Å². The highest BCUT2D eigenvalue weighted by molar-refractivity contribution is 5.91. The number of aromatic nitrogens is 2. The Morgan fingerprint density at radius 1 is 1.32 bits per heavy atom. The van der Waals surface area contributed by atoms with E-state index in [4.69, 9.17) is 0 Å². The van der Waals surface area contributed by atoms with E-state index in [2.05, 4.69) is 5.10 Å². The van der Waals surface area contributed by atoms with Crippen LogP contribution in [0.25, 0.3) is 5.69 Å². The van der Waals surface area contributed by atoms with Gasteiger partial charge in [0.05, 0.1) is 11.8 Å². The molecule has 132 valence electrons. The third-order valence-corrected chi connectivity index (χ3v) is 4.78. The number of benzene rings is 1. The minimum atomic E-state index is -0.409. The molecule has 0 aliphatic heterocycles. The predicted octanol–water partition coefficient (Wildman–Crippen LogP) is 1.77. The fraction of sp³-hybridized carbons (Fsp3) is 0.421. The largest absolute Gasteiger partial charge is 0.393 e. The van der Waals surface area contributed by atoms with Gasteiger partial charge in [0.1, 0.15) is 0 Å². The molecule has 0 radical (unpaired) electrons. The van der Waals surface area contributed by atoms with Gasteiger partial charge < -0.3 is 10.0 Å². The second-order valence-corrected chi connectivity index (χ2v) is 6.69. The second-order valence-electron chi connectivity index (χ2n) is 6.69. The standard InChI is InChI=1S/C19H23N3O3/c1-13-11-17(24)18(20-22(13)15-8-4-3-5-9-15)19(25)21(2)12-14-7-6-10-16(14)23/h3-5,8-9,11,14,16,23H,6-7,10,12H2,1-2H3. The van der Waals surface area contributed by atoms with Crippen LogP contribution < -0.4 is 5.43 Å². The highest BCUT2D eigenvalue weighted by Crippen LogP contribution is 2.26. The Kier molecular flexibility index (Phi) is 4.99. The molecule has 2 atom stereocenters. The molecule has 1 aliphatic rings. The minimum absolute atomic E-state index is 0.0655. The van der Waals surface area contributed by atoms with Gasteiger partial charge in [-0.3, -0.25) is 9.59 Å². The van der Waals surface area contributed by atoms with Crippen LogP contribution in [0.4, 0.5) is 0 Å². The number of aliphatic hydroxyl groups is 1. The number of aliphatic hydroxyl groups excluding tert-OH is 1. The third-order valence-electron chi connectivity index (χ3n) is 4.78. The van der Waals surface area contributed by atoms with E-state index in [1.807, 2.05) is 30.3 Å². The number of amides is 1. The summed E-state index contributed by atoms with van der Waals surface area (Å²) in [5.41, 5.74) is 0.988. The molecule has 0 saturated heterocycles. The maximum Gasteiger partial charge on any atom is 0.278 e. The van der Waals surface area contributed by atoms with E-state index in [-0.39, 0.29) is 23.1 Å². The van der Waals surface area contributed by atoms with Gasteiger partial charge in [0.15, 0.2) is 5.69 Å². The van der Waals surface area contributed by atoms with Crippen molar-refractivity contribution in [1.29, 1.82) is 0 Å². The summed E-state index contributed by atoms with van der Waals surface area (Å²) in [6.07, 6.45) is 2.27. The number of hydrogen-bond acceptors (Lipinski definition) is 4. The number of aryl methyl sites for hydroxylation is 1. The van der Waals surface area contributed by atoms with Crippen LogP contribution in [0.15, 0.2) is 41.2 Å². The van der Waals surface area contributed by atoms with Crippen LogP contribution in [0, 0.1) is 12.8 Å². The molecule has 2 aromatic rings. The number of carbonyl (C=O) groups excluding carboxylic acids is 1. The molecule has 1 heterocycles. The molecule has 1 N–H and O–H groups in total. The minimum Gasteiger partial charge on any atom is -0.393 e. The first kappa shape index (κ1) is 17.4. The number of hydrogen-bond donors (Lipinski definition) is 1.